The minimum Gasteiger partial charge on any atom is -0.478 e. The molecule has 1 aliphatic heterocycles. The molecule has 0 radical (unpaired) electrons. The van der Waals surface area contributed by atoms with Gasteiger partial charge in [-0.3, -0.25) is 0 Å². The van der Waals surface area contributed by atoms with E-state index in [0.717, 1.165) is 5.56 Å². The first-order valence-electron chi connectivity index (χ1n) is 10.6. The van der Waals surface area contributed by atoms with Crippen molar-refractivity contribution in [2.75, 3.05) is 13.1 Å². The van der Waals surface area contributed by atoms with Crippen LogP contribution in [0, 0.1) is 17.7 Å². The molecule has 2 atom stereocenters. The maximum Gasteiger partial charge on any atom is 0.410 e. The summed E-state index contributed by atoms with van der Waals surface area (Å²) >= 11 is 0. The summed E-state index contributed by atoms with van der Waals surface area (Å²) in [5.74, 6) is -0.985. The van der Waals surface area contributed by atoms with Gasteiger partial charge in [-0.2, -0.15) is 0 Å². The fourth-order valence-electron chi connectivity index (χ4n) is 4.20. The highest BCUT2D eigenvalue weighted by atomic mass is 19.1. The Labute approximate surface area is 189 Å². The third kappa shape index (κ3) is 4.50. The van der Waals surface area contributed by atoms with Crippen LogP contribution in [0.4, 0.5) is 9.18 Å². The van der Waals surface area contributed by atoms with Gasteiger partial charge in [0.25, 0.3) is 0 Å². The molecule has 1 saturated carbocycles. The molecule has 7 nitrogen and oxygen atoms in total. The van der Waals surface area contributed by atoms with E-state index in [2.05, 4.69) is 4.98 Å². The van der Waals surface area contributed by atoms with Crippen LogP contribution in [0.1, 0.15) is 15.9 Å². The van der Waals surface area contributed by atoms with Crippen molar-refractivity contribution >= 4 is 12.1 Å². The van der Waals surface area contributed by atoms with Crippen LogP contribution in [0.15, 0.2) is 66.7 Å². The minimum absolute atomic E-state index is 0.0382. The average Bonchev–Trinajstić information content (AvgIpc) is 3.25. The van der Waals surface area contributed by atoms with Gasteiger partial charge in [-0.05, 0) is 35.9 Å². The largest absolute Gasteiger partial charge is 0.478 e. The number of piperidine rings is 1. The lowest BCUT2D eigenvalue weighted by Crippen LogP contribution is -2.33. The maximum atomic E-state index is 13.2. The molecule has 1 aromatic heterocycles. The number of benzene rings is 2. The Balaban J connectivity index is 1.21. The van der Waals surface area contributed by atoms with Crippen LogP contribution in [-0.4, -0.2) is 46.2 Å². The SMILES string of the molecule is O=C(O)c1cc(OC2C3CN(C(=O)OCc4ccccc4)CC32)nc(-c2ccc(F)cc2)c1. The third-order valence-corrected chi connectivity index (χ3v) is 6.02. The van der Waals surface area contributed by atoms with Gasteiger partial charge < -0.3 is 19.5 Å². The number of nitrogens with zero attached hydrogens (tertiary/aromatic N) is 2. The van der Waals surface area contributed by atoms with E-state index in [4.69, 9.17) is 9.47 Å². The van der Waals surface area contributed by atoms with Crippen molar-refractivity contribution in [3.05, 3.63) is 83.7 Å². The summed E-state index contributed by atoms with van der Waals surface area (Å²) in [6, 6.07) is 18.0. The molecule has 1 N–H and O–H groups in total. The van der Waals surface area contributed by atoms with E-state index in [0.29, 0.717) is 24.3 Å². The minimum atomic E-state index is -1.10. The van der Waals surface area contributed by atoms with Crippen molar-refractivity contribution in [1.82, 2.24) is 9.88 Å². The smallest absolute Gasteiger partial charge is 0.410 e. The van der Waals surface area contributed by atoms with E-state index in [-0.39, 0.29) is 47.9 Å². The maximum absolute atomic E-state index is 13.2. The molecule has 2 aliphatic rings. The van der Waals surface area contributed by atoms with E-state index in [1.807, 2.05) is 30.3 Å². The fraction of sp³-hybridized carbons (Fsp3) is 0.240. The summed E-state index contributed by atoms with van der Waals surface area (Å²) in [5, 5.41) is 9.46. The molecule has 1 saturated heterocycles. The zero-order valence-corrected chi connectivity index (χ0v) is 17.6. The standard InChI is InChI=1S/C25H21FN2O5/c26-18-8-6-16(7-9-18)21-10-17(24(29)30)11-22(27-21)33-23-19-12-28(13-20(19)23)25(31)32-14-15-4-2-1-3-5-15/h1-11,19-20,23H,12-14H2,(H,29,30). The summed E-state index contributed by atoms with van der Waals surface area (Å²) in [4.78, 5) is 30.0. The highest BCUT2D eigenvalue weighted by Gasteiger charge is 2.59. The molecule has 2 fully saturated rings. The number of fused-ring (bicyclic) bond motifs is 1. The topological polar surface area (TPSA) is 89.0 Å². The highest BCUT2D eigenvalue weighted by Crippen LogP contribution is 2.48. The number of aromatic carboxylic acids is 1. The van der Waals surface area contributed by atoms with Crippen molar-refractivity contribution in [1.29, 1.82) is 0 Å². The Morgan fingerprint density at radius 2 is 1.73 bits per heavy atom. The molecule has 2 heterocycles. The Kier molecular flexibility index (Phi) is 5.42. The number of carboxylic acid groups (broad SMARTS) is 1. The first-order chi connectivity index (χ1) is 16.0. The van der Waals surface area contributed by atoms with Crippen LogP contribution in [-0.2, 0) is 11.3 Å². The van der Waals surface area contributed by atoms with Gasteiger partial charge >= 0.3 is 12.1 Å². The van der Waals surface area contributed by atoms with Crippen LogP contribution < -0.4 is 4.74 Å². The van der Waals surface area contributed by atoms with Crippen LogP contribution in [0.3, 0.4) is 0 Å². The number of hydrogen-bond acceptors (Lipinski definition) is 5. The number of amides is 1. The van der Waals surface area contributed by atoms with Crippen molar-refractivity contribution in [3.63, 3.8) is 0 Å². The average molecular weight is 448 g/mol. The molecular formula is C25H21FN2O5. The zero-order chi connectivity index (χ0) is 22.9. The predicted molar refractivity (Wildman–Crippen MR) is 116 cm³/mol. The summed E-state index contributed by atoms with van der Waals surface area (Å²) in [7, 11) is 0. The monoisotopic (exact) mass is 448 g/mol. The van der Waals surface area contributed by atoms with Gasteiger partial charge in [-0.25, -0.2) is 19.0 Å². The normalized spacial score (nSPS) is 20.8. The molecule has 5 rings (SSSR count). The molecule has 3 aromatic rings. The molecule has 0 spiro atoms. The second-order valence-electron chi connectivity index (χ2n) is 8.25. The molecule has 1 amide bonds. The third-order valence-electron chi connectivity index (χ3n) is 6.02. The van der Waals surface area contributed by atoms with Gasteiger partial charge in [-0.1, -0.05) is 30.3 Å². The first kappa shape index (κ1) is 20.9. The number of ether oxygens (including phenoxy) is 2. The van der Waals surface area contributed by atoms with Gasteiger partial charge in [-0.15, -0.1) is 0 Å². The van der Waals surface area contributed by atoms with Crippen LogP contribution >= 0.6 is 0 Å². The number of carbonyl (C=O) groups is 2. The van der Waals surface area contributed by atoms with Crippen LogP contribution in [0.5, 0.6) is 5.88 Å². The number of pyridine rings is 1. The Morgan fingerprint density at radius 3 is 2.39 bits per heavy atom. The van der Waals surface area contributed by atoms with Crippen molar-refractivity contribution in [3.8, 4) is 17.1 Å². The molecule has 168 valence electrons. The molecule has 1 aliphatic carbocycles. The predicted octanol–water partition coefficient (Wildman–Crippen LogP) is 4.23. The van der Waals surface area contributed by atoms with Gasteiger partial charge in [0.05, 0.1) is 11.3 Å². The van der Waals surface area contributed by atoms with E-state index in [1.54, 1.807) is 4.90 Å². The lowest BCUT2D eigenvalue weighted by molar-refractivity contribution is 0.0695. The lowest BCUT2D eigenvalue weighted by atomic mass is 10.1. The number of carbonyl (C=O) groups excluding carboxylic acids is 1. The van der Waals surface area contributed by atoms with Crippen molar-refractivity contribution in [2.45, 2.75) is 12.7 Å². The molecule has 8 heteroatoms. The van der Waals surface area contributed by atoms with Gasteiger partial charge in [0.1, 0.15) is 18.5 Å². The first-order valence-corrected chi connectivity index (χ1v) is 10.6. The van der Waals surface area contributed by atoms with Crippen molar-refractivity contribution < 1.29 is 28.6 Å². The number of rotatable bonds is 6. The number of likely N-dealkylation sites (tertiary alicyclic amines) is 1. The van der Waals surface area contributed by atoms with E-state index < -0.39 is 5.97 Å². The highest BCUT2D eigenvalue weighted by molar-refractivity contribution is 5.89. The molecule has 0 bridgehead atoms. The summed E-state index contributed by atoms with van der Waals surface area (Å²) < 4.78 is 24.6. The van der Waals surface area contributed by atoms with E-state index in [9.17, 15) is 19.1 Å². The van der Waals surface area contributed by atoms with Gasteiger partial charge in [0, 0.05) is 36.6 Å². The summed E-state index contributed by atoms with van der Waals surface area (Å²) in [5.41, 5.74) is 1.95. The quantitative estimate of drug-likeness (QED) is 0.607. The summed E-state index contributed by atoms with van der Waals surface area (Å²) in [6.07, 6.45) is -0.491. The van der Waals surface area contributed by atoms with Gasteiger partial charge in [0.15, 0.2) is 0 Å². The number of aromatic nitrogens is 1. The van der Waals surface area contributed by atoms with E-state index >= 15 is 0 Å². The van der Waals surface area contributed by atoms with Crippen LogP contribution in [0.2, 0.25) is 0 Å². The second kappa shape index (κ2) is 8.54. The number of hydrogen-bond donors (Lipinski definition) is 1. The molecule has 33 heavy (non-hydrogen) atoms. The fourth-order valence-corrected chi connectivity index (χ4v) is 4.20. The Hall–Kier alpha value is -3.94. The zero-order valence-electron chi connectivity index (χ0n) is 17.6. The Bertz CT molecular complexity index is 1170. The molecular weight excluding hydrogens is 427 g/mol. The molecule has 2 aromatic carbocycles. The molecule has 2 unspecified atom stereocenters. The Morgan fingerprint density at radius 1 is 1.03 bits per heavy atom. The summed E-state index contributed by atoms with van der Waals surface area (Å²) in [6.45, 7) is 1.27. The van der Waals surface area contributed by atoms with Crippen LogP contribution in [0.25, 0.3) is 11.3 Å². The second-order valence-corrected chi connectivity index (χ2v) is 8.25. The lowest BCUT2D eigenvalue weighted by Gasteiger charge is -2.20. The number of carboxylic acids is 1. The van der Waals surface area contributed by atoms with E-state index in [1.165, 1.54) is 36.4 Å². The van der Waals surface area contributed by atoms with Gasteiger partial charge in [0.2, 0.25) is 5.88 Å². The van der Waals surface area contributed by atoms with Crippen molar-refractivity contribution in [2.24, 2.45) is 11.8 Å². The number of halogens is 1.